The zero-order valence-corrected chi connectivity index (χ0v) is 55.3. The monoisotopic (exact) mass is 1350 g/mol. The van der Waals surface area contributed by atoms with E-state index in [1.807, 2.05) is 20.1 Å². The van der Waals surface area contributed by atoms with Crippen molar-refractivity contribution in [3.8, 4) is 0 Å². The normalized spacial score (nSPS) is 16.8. The van der Waals surface area contributed by atoms with Crippen molar-refractivity contribution in [2.75, 3.05) is 44.7 Å². The lowest BCUT2D eigenvalue weighted by molar-refractivity contribution is -0.144. The lowest BCUT2D eigenvalue weighted by Crippen LogP contribution is -2.60. The molecule has 2 aromatic rings. The van der Waals surface area contributed by atoms with E-state index in [4.69, 9.17) is 40.1 Å². The highest BCUT2D eigenvalue weighted by Gasteiger charge is 2.42. The summed E-state index contributed by atoms with van der Waals surface area (Å²) in [7, 11) is 0. The third-order valence-electron chi connectivity index (χ3n) is 16.0. The Balaban J connectivity index is 1.56. The van der Waals surface area contributed by atoms with Crippen LogP contribution in [0.3, 0.4) is 0 Å². The summed E-state index contributed by atoms with van der Waals surface area (Å²) in [6.07, 6.45) is 3.12. The molecule has 0 unspecified atom stereocenters. The van der Waals surface area contributed by atoms with Crippen LogP contribution < -0.4 is 82.7 Å². The molecule has 0 saturated carbocycles. The maximum atomic E-state index is 14.7. The Bertz CT molecular complexity index is 2960. The van der Waals surface area contributed by atoms with Crippen LogP contribution >= 0.6 is 11.8 Å². The first kappa shape index (κ1) is 78.5. The smallest absolute Gasteiger partial charge is 0.245 e. The number of hydrogen-bond donors (Lipinski definition) is 15. The zero-order chi connectivity index (χ0) is 70.1. The number of guanidine groups is 1. The fourth-order valence-corrected chi connectivity index (χ4v) is 11.5. The molecule has 10 atom stereocenters. The number of carbonyl (C=O) groups excluding carboxylic acids is 13. The number of primary amides is 3. The molecule has 524 valence electrons. The van der Waals surface area contributed by atoms with Crippen molar-refractivity contribution in [3.05, 3.63) is 71.8 Å². The first-order valence-corrected chi connectivity index (χ1v) is 33.6. The molecule has 0 spiro atoms. The highest BCUT2D eigenvalue weighted by Crippen LogP contribution is 2.24. The van der Waals surface area contributed by atoms with Crippen molar-refractivity contribution >= 4 is 94.5 Å². The number of nitrogens with two attached hydrogens (primary N) is 7. The van der Waals surface area contributed by atoms with E-state index in [0.29, 0.717) is 55.4 Å². The number of aliphatic imine (C=N–C) groups is 1. The van der Waals surface area contributed by atoms with Gasteiger partial charge in [-0.3, -0.25) is 67.3 Å². The van der Waals surface area contributed by atoms with Gasteiger partial charge in [0.05, 0.1) is 12.6 Å². The van der Waals surface area contributed by atoms with E-state index in [9.17, 15) is 62.3 Å². The summed E-state index contributed by atoms with van der Waals surface area (Å²) in [6.45, 7) is 3.86. The van der Waals surface area contributed by atoms with Gasteiger partial charge in [0.1, 0.15) is 54.4 Å². The van der Waals surface area contributed by atoms with Gasteiger partial charge >= 0.3 is 0 Å². The number of benzene rings is 2. The van der Waals surface area contributed by atoms with Gasteiger partial charge < -0.3 is 92.5 Å². The Morgan fingerprint density at radius 2 is 1.01 bits per heavy atom. The molecule has 13 amide bonds. The zero-order valence-electron chi connectivity index (χ0n) is 54.5. The van der Waals surface area contributed by atoms with Gasteiger partial charge in [-0.15, -0.1) is 0 Å². The van der Waals surface area contributed by atoms with Crippen LogP contribution in [0.1, 0.15) is 121 Å². The van der Waals surface area contributed by atoms with Crippen LogP contribution in [-0.2, 0) is 75.2 Å². The summed E-state index contributed by atoms with van der Waals surface area (Å²) in [5, 5.41) is 21.1. The molecular formula is C63H98N18O13S. The number of amides is 13. The summed E-state index contributed by atoms with van der Waals surface area (Å²) >= 11 is 1.45. The first-order valence-electron chi connectivity index (χ1n) is 32.2. The Morgan fingerprint density at radius 3 is 1.51 bits per heavy atom. The molecule has 2 heterocycles. The fraction of sp³-hybridized carbons (Fsp3) is 0.587. The van der Waals surface area contributed by atoms with Crippen LogP contribution in [0.2, 0.25) is 0 Å². The van der Waals surface area contributed by atoms with Gasteiger partial charge in [-0.05, 0) is 119 Å². The molecule has 32 heteroatoms. The van der Waals surface area contributed by atoms with E-state index >= 15 is 0 Å². The number of nitrogens with one attached hydrogen (secondary N) is 8. The van der Waals surface area contributed by atoms with Crippen LogP contribution in [-0.4, -0.2) is 198 Å². The van der Waals surface area contributed by atoms with Gasteiger partial charge in [0.15, 0.2) is 5.96 Å². The molecule has 22 N–H and O–H groups in total. The summed E-state index contributed by atoms with van der Waals surface area (Å²) in [6, 6.07) is 4.51. The highest BCUT2D eigenvalue weighted by atomic mass is 32.2. The topological polar surface area (TPSA) is 519 Å². The fourth-order valence-electron chi connectivity index (χ4n) is 11.0. The van der Waals surface area contributed by atoms with Crippen LogP contribution in [0, 0.1) is 5.92 Å². The molecule has 0 radical (unpaired) electrons. The molecule has 2 aromatic carbocycles. The molecule has 2 aliphatic rings. The van der Waals surface area contributed by atoms with Crippen LogP contribution in [0.5, 0.6) is 0 Å². The van der Waals surface area contributed by atoms with Crippen molar-refractivity contribution in [1.82, 2.24) is 52.3 Å². The van der Waals surface area contributed by atoms with E-state index in [-0.39, 0.29) is 83.0 Å². The minimum Gasteiger partial charge on any atom is -0.370 e. The molecule has 2 aliphatic heterocycles. The molecule has 31 nitrogen and oxygen atoms in total. The van der Waals surface area contributed by atoms with Crippen molar-refractivity contribution < 1.29 is 62.3 Å². The number of unbranched alkanes of at least 4 members (excludes halogenated alkanes) is 1. The highest BCUT2D eigenvalue weighted by molar-refractivity contribution is 7.98. The largest absolute Gasteiger partial charge is 0.370 e. The second-order valence-corrected chi connectivity index (χ2v) is 25.1. The third kappa shape index (κ3) is 27.5. The number of likely N-dealkylation sites (tertiary alicyclic amines) is 2. The number of nitrogens with zero attached hydrogens (tertiary/aromatic N) is 3. The average Bonchev–Trinajstić information content (AvgIpc) is 1.74. The Kier molecular flexibility index (Phi) is 33.9. The van der Waals surface area contributed by atoms with E-state index in [0.717, 1.165) is 0 Å². The maximum Gasteiger partial charge on any atom is 0.245 e. The van der Waals surface area contributed by atoms with Crippen molar-refractivity contribution in [2.24, 2.45) is 51.0 Å². The van der Waals surface area contributed by atoms with E-state index in [1.54, 1.807) is 60.7 Å². The van der Waals surface area contributed by atoms with E-state index in [1.165, 1.54) is 21.6 Å². The molecule has 4 rings (SSSR count). The van der Waals surface area contributed by atoms with E-state index < -0.39 is 169 Å². The predicted molar refractivity (Wildman–Crippen MR) is 356 cm³/mol. The molecule has 0 aliphatic carbocycles. The number of carbonyl (C=O) groups is 13. The minimum atomic E-state index is -1.64. The quantitative estimate of drug-likeness (QED) is 0.0173. The average molecular weight is 1350 g/mol. The Hall–Kier alpha value is -8.91. The van der Waals surface area contributed by atoms with Crippen molar-refractivity contribution in [3.63, 3.8) is 0 Å². The Morgan fingerprint density at radius 1 is 0.537 bits per heavy atom. The minimum absolute atomic E-state index is 0.0736. The SMILES string of the molecule is CSCC[C@H](NC(=O)[C@H](CC(C)C)NC(=O)CNC(=O)[C@@H](Cc1ccccc1)NC(=O)[C@@H](Cc1ccccc1)NC(=O)[C@H](CCC(N)=O)NC(=O)[C@H](CCC(N)=O)NC(=O)[C@@H]1CCCN1C(=O)[C@H](CCCCN)NC(=O)[C@H]1CCCN1C(=O)[C@H](N)CCCN=C(N)N)C(N)=O. The predicted octanol–water partition coefficient (Wildman–Crippen LogP) is -3.71. The first-order chi connectivity index (χ1) is 45.2. The molecule has 2 saturated heterocycles. The van der Waals surface area contributed by atoms with Gasteiger partial charge in [-0.25, -0.2) is 0 Å². The van der Waals surface area contributed by atoms with E-state index in [2.05, 4.69) is 47.5 Å². The standard InChI is InChI=1S/C63H98N18O13S/c1-37(2)33-45(57(89)74-41(53(68)85)27-32-95-3)73-52(84)36-72-54(86)46(34-38-15-6-4-7-16-38)78-58(90)47(35-39-17-8-5-9-18-39)79-56(88)42(23-25-50(66)82)75-55(87)43(24-26-51(67)83)76-59(91)49-22-14-31-81(49)62(94)44(20-10-11-28-64)77-60(92)48-21-13-30-80(48)61(93)40(65)19-12-29-71-63(69)70/h4-9,15-18,37,40-49H,10-14,19-36,64-65H2,1-3H3,(H2,66,82)(H2,67,83)(H2,68,85)(H,72,86)(H,73,84)(H,74,89)(H,75,87)(H,76,91)(H,77,92)(H,78,90)(H,79,88)(H4,69,70,71)/t40-,41+,42+,43+,44+,45+,46-,47-,48-,49+/m1/s1. The molecule has 2 fully saturated rings. The van der Waals surface area contributed by atoms with Crippen LogP contribution in [0.4, 0.5) is 0 Å². The van der Waals surface area contributed by atoms with Gasteiger partial charge in [-0.2, -0.15) is 11.8 Å². The number of hydrogen-bond acceptors (Lipinski definition) is 17. The van der Waals surface area contributed by atoms with Gasteiger partial charge in [0.2, 0.25) is 76.8 Å². The lowest BCUT2D eigenvalue weighted by atomic mass is 10.0. The number of thioether (sulfide) groups is 1. The van der Waals surface area contributed by atoms with Crippen molar-refractivity contribution in [2.45, 2.75) is 183 Å². The Labute approximate surface area is 558 Å². The molecule has 95 heavy (non-hydrogen) atoms. The summed E-state index contributed by atoms with van der Waals surface area (Å²) in [5.41, 5.74) is 40.6. The number of rotatable bonds is 42. The molecule has 0 bridgehead atoms. The maximum absolute atomic E-state index is 14.7. The molecular weight excluding hydrogens is 1250 g/mol. The van der Waals surface area contributed by atoms with Crippen LogP contribution in [0.15, 0.2) is 65.7 Å². The van der Waals surface area contributed by atoms with Crippen LogP contribution in [0.25, 0.3) is 0 Å². The molecule has 0 aromatic heterocycles. The third-order valence-corrected chi connectivity index (χ3v) is 16.7. The summed E-state index contributed by atoms with van der Waals surface area (Å²) in [5.74, 6) is -9.80. The summed E-state index contributed by atoms with van der Waals surface area (Å²) in [4.78, 5) is 185. The van der Waals surface area contributed by atoms with Gasteiger partial charge in [0, 0.05) is 45.3 Å². The summed E-state index contributed by atoms with van der Waals surface area (Å²) < 4.78 is 0. The van der Waals surface area contributed by atoms with Gasteiger partial charge in [-0.1, -0.05) is 74.5 Å². The second-order valence-electron chi connectivity index (χ2n) is 24.1. The lowest BCUT2D eigenvalue weighted by Gasteiger charge is -2.32. The van der Waals surface area contributed by atoms with Crippen molar-refractivity contribution in [1.29, 1.82) is 0 Å². The van der Waals surface area contributed by atoms with Gasteiger partial charge in [0.25, 0.3) is 0 Å². The second kappa shape index (κ2) is 41.0.